The second-order valence-corrected chi connectivity index (χ2v) is 5.82. The van der Waals surface area contributed by atoms with Gasteiger partial charge in [-0.2, -0.15) is 4.31 Å². The third-order valence-electron chi connectivity index (χ3n) is 2.57. The van der Waals surface area contributed by atoms with Crippen LogP contribution in [-0.2, 0) is 10.0 Å². The number of nitrogen functional groups attached to an aromatic ring is 1. The van der Waals surface area contributed by atoms with Crippen LogP contribution in [0.4, 0.5) is 5.69 Å². The molecule has 0 aromatic heterocycles. The van der Waals surface area contributed by atoms with Crippen LogP contribution in [0.15, 0.2) is 23.1 Å². The molecular formula is C11H16N2O6S. The van der Waals surface area contributed by atoms with Crippen molar-refractivity contribution in [2.45, 2.75) is 4.90 Å². The molecule has 0 amide bonds. The van der Waals surface area contributed by atoms with E-state index < -0.39 is 29.2 Å². The fourth-order valence-corrected chi connectivity index (χ4v) is 3.15. The number of hydrogen-bond donors (Lipinski definition) is 4. The number of carboxylic acids is 1. The number of sulfonamides is 1. The van der Waals surface area contributed by atoms with Gasteiger partial charge in [-0.15, -0.1) is 0 Å². The Labute approximate surface area is 116 Å². The summed E-state index contributed by atoms with van der Waals surface area (Å²) in [5.74, 6) is -1.22. The first kappa shape index (κ1) is 16.4. The van der Waals surface area contributed by atoms with Crippen LogP contribution in [-0.4, -0.2) is 60.3 Å². The van der Waals surface area contributed by atoms with Gasteiger partial charge in [-0.25, -0.2) is 13.2 Å². The number of aliphatic hydroxyl groups is 2. The summed E-state index contributed by atoms with van der Waals surface area (Å²) in [6, 6.07) is 3.27. The molecule has 0 fully saturated rings. The Morgan fingerprint density at radius 3 is 2.15 bits per heavy atom. The summed E-state index contributed by atoms with van der Waals surface area (Å²) in [5, 5.41) is 26.5. The molecule has 0 saturated heterocycles. The summed E-state index contributed by atoms with van der Waals surface area (Å²) in [5.41, 5.74) is 5.25. The molecule has 1 aromatic rings. The highest BCUT2D eigenvalue weighted by Crippen LogP contribution is 2.23. The molecule has 5 N–H and O–H groups in total. The topological polar surface area (TPSA) is 141 Å². The molecule has 8 nitrogen and oxygen atoms in total. The van der Waals surface area contributed by atoms with Crippen LogP contribution < -0.4 is 5.73 Å². The lowest BCUT2D eigenvalue weighted by Gasteiger charge is -2.21. The molecule has 0 atom stereocenters. The average molecular weight is 304 g/mol. The molecule has 0 bridgehead atoms. The van der Waals surface area contributed by atoms with Crippen molar-refractivity contribution in [3.05, 3.63) is 23.8 Å². The molecule has 0 aliphatic heterocycles. The van der Waals surface area contributed by atoms with Gasteiger partial charge in [-0.3, -0.25) is 0 Å². The van der Waals surface area contributed by atoms with Gasteiger partial charge in [0.1, 0.15) is 4.90 Å². The lowest BCUT2D eigenvalue weighted by molar-refractivity contribution is 0.0697. The largest absolute Gasteiger partial charge is 0.478 e. The lowest BCUT2D eigenvalue weighted by atomic mass is 10.2. The van der Waals surface area contributed by atoms with Crippen LogP contribution in [0.5, 0.6) is 0 Å². The molecule has 0 unspecified atom stereocenters. The summed E-state index contributed by atoms with van der Waals surface area (Å²) in [6.07, 6.45) is 0. The average Bonchev–Trinajstić information content (AvgIpc) is 2.37. The van der Waals surface area contributed by atoms with E-state index in [1.807, 2.05) is 0 Å². The van der Waals surface area contributed by atoms with Crippen molar-refractivity contribution in [2.75, 3.05) is 32.0 Å². The zero-order valence-corrected chi connectivity index (χ0v) is 11.4. The van der Waals surface area contributed by atoms with Gasteiger partial charge in [-0.1, -0.05) is 0 Å². The number of carboxylic acid groups (broad SMARTS) is 1. The summed E-state index contributed by atoms with van der Waals surface area (Å²) in [6.45, 7) is -1.20. The Bertz CT molecular complexity index is 581. The number of carbonyl (C=O) groups is 1. The highest BCUT2D eigenvalue weighted by atomic mass is 32.2. The first-order valence-corrected chi connectivity index (χ1v) is 7.13. The van der Waals surface area contributed by atoms with E-state index in [2.05, 4.69) is 0 Å². The van der Waals surface area contributed by atoms with Gasteiger partial charge in [0.2, 0.25) is 10.0 Å². The van der Waals surface area contributed by atoms with Crippen molar-refractivity contribution in [1.29, 1.82) is 0 Å². The lowest BCUT2D eigenvalue weighted by Crippen LogP contribution is -2.36. The number of nitrogens with two attached hydrogens (primary N) is 1. The van der Waals surface area contributed by atoms with Crippen molar-refractivity contribution in [3.8, 4) is 0 Å². The second kappa shape index (κ2) is 6.66. The van der Waals surface area contributed by atoms with Gasteiger partial charge in [0.15, 0.2) is 0 Å². The highest BCUT2D eigenvalue weighted by Gasteiger charge is 2.26. The predicted octanol–water partition coefficient (Wildman–Crippen LogP) is -1.06. The second-order valence-electron chi connectivity index (χ2n) is 3.91. The Balaban J connectivity index is 3.23. The Kier molecular flexibility index (Phi) is 5.45. The van der Waals surface area contributed by atoms with E-state index in [9.17, 15) is 13.2 Å². The number of benzene rings is 1. The minimum absolute atomic E-state index is 0.127. The molecule has 0 spiro atoms. The monoisotopic (exact) mass is 304 g/mol. The molecule has 0 radical (unpaired) electrons. The molecule has 9 heteroatoms. The smallest absolute Gasteiger partial charge is 0.335 e. The molecule has 0 aliphatic rings. The summed E-state index contributed by atoms with van der Waals surface area (Å²) in [4.78, 5) is 10.5. The Hall–Kier alpha value is -1.68. The summed E-state index contributed by atoms with van der Waals surface area (Å²) in [7, 11) is -4.00. The minimum Gasteiger partial charge on any atom is -0.478 e. The van der Waals surface area contributed by atoms with E-state index in [1.54, 1.807) is 0 Å². The minimum atomic E-state index is -4.00. The van der Waals surface area contributed by atoms with Gasteiger partial charge >= 0.3 is 5.97 Å². The quantitative estimate of drug-likeness (QED) is 0.470. The highest BCUT2D eigenvalue weighted by molar-refractivity contribution is 7.89. The fraction of sp³-hybridized carbons (Fsp3) is 0.364. The number of nitrogens with zero attached hydrogens (tertiary/aromatic N) is 1. The summed E-state index contributed by atoms with van der Waals surface area (Å²) >= 11 is 0. The van der Waals surface area contributed by atoms with E-state index in [1.165, 1.54) is 0 Å². The number of anilines is 1. The third kappa shape index (κ3) is 3.45. The van der Waals surface area contributed by atoms with Crippen molar-refractivity contribution >= 4 is 21.7 Å². The molecule has 0 saturated carbocycles. The van der Waals surface area contributed by atoms with E-state index in [0.717, 1.165) is 22.5 Å². The van der Waals surface area contributed by atoms with Crippen molar-refractivity contribution < 1.29 is 28.5 Å². The zero-order valence-electron chi connectivity index (χ0n) is 10.6. The molecule has 1 rings (SSSR count). The van der Waals surface area contributed by atoms with Crippen molar-refractivity contribution in [2.24, 2.45) is 0 Å². The van der Waals surface area contributed by atoms with Gasteiger partial charge in [-0.05, 0) is 18.2 Å². The molecular weight excluding hydrogens is 288 g/mol. The number of hydrogen-bond acceptors (Lipinski definition) is 6. The third-order valence-corrected chi connectivity index (χ3v) is 4.55. The number of aromatic carboxylic acids is 1. The summed E-state index contributed by atoms with van der Waals surface area (Å²) < 4.78 is 25.5. The van der Waals surface area contributed by atoms with Gasteiger partial charge < -0.3 is 21.1 Å². The van der Waals surface area contributed by atoms with E-state index in [4.69, 9.17) is 21.1 Å². The molecule has 0 aliphatic carbocycles. The van der Waals surface area contributed by atoms with Crippen LogP contribution in [0, 0.1) is 0 Å². The van der Waals surface area contributed by atoms with Crippen LogP contribution in [0.3, 0.4) is 0 Å². The maximum absolute atomic E-state index is 12.3. The maximum atomic E-state index is 12.3. The molecule has 112 valence electrons. The SMILES string of the molecule is Nc1cc(C(=O)O)ccc1S(=O)(=O)N(CCO)CCO. The number of rotatable bonds is 7. The van der Waals surface area contributed by atoms with Crippen LogP contribution in [0.25, 0.3) is 0 Å². The van der Waals surface area contributed by atoms with E-state index in [-0.39, 0.29) is 29.2 Å². The Morgan fingerprint density at radius 1 is 1.20 bits per heavy atom. The first-order valence-electron chi connectivity index (χ1n) is 5.69. The van der Waals surface area contributed by atoms with Crippen molar-refractivity contribution in [3.63, 3.8) is 0 Å². The van der Waals surface area contributed by atoms with Gasteiger partial charge in [0.05, 0.1) is 24.5 Å². The van der Waals surface area contributed by atoms with Crippen LogP contribution in [0.2, 0.25) is 0 Å². The van der Waals surface area contributed by atoms with E-state index >= 15 is 0 Å². The number of aliphatic hydroxyl groups excluding tert-OH is 2. The van der Waals surface area contributed by atoms with Gasteiger partial charge in [0, 0.05) is 13.1 Å². The first-order chi connectivity index (χ1) is 9.34. The van der Waals surface area contributed by atoms with E-state index in [0.29, 0.717) is 0 Å². The predicted molar refractivity (Wildman–Crippen MR) is 70.7 cm³/mol. The zero-order chi connectivity index (χ0) is 15.3. The molecule has 20 heavy (non-hydrogen) atoms. The maximum Gasteiger partial charge on any atom is 0.335 e. The van der Waals surface area contributed by atoms with Crippen LogP contribution in [0.1, 0.15) is 10.4 Å². The normalized spacial score (nSPS) is 11.8. The molecule has 0 heterocycles. The molecule has 1 aromatic carbocycles. The van der Waals surface area contributed by atoms with Crippen molar-refractivity contribution in [1.82, 2.24) is 4.31 Å². The Morgan fingerprint density at radius 2 is 1.75 bits per heavy atom. The standard InChI is InChI=1S/C11H16N2O6S/c12-9-7-8(11(16)17)1-2-10(9)20(18,19)13(3-5-14)4-6-15/h1-2,7,14-15H,3-6,12H2,(H,16,17). The van der Waals surface area contributed by atoms with Crippen LogP contribution >= 0.6 is 0 Å². The fourth-order valence-electron chi connectivity index (χ4n) is 1.63. The van der Waals surface area contributed by atoms with Gasteiger partial charge in [0.25, 0.3) is 0 Å².